The Labute approximate surface area is 152 Å². The SMILES string of the molecule is C=CCn1c(C)cc(C(=O)CSc2nnc(SCC(N)=O)s2)c1C. The van der Waals surface area contributed by atoms with Gasteiger partial charge in [-0.05, 0) is 19.9 Å². The number of hydrogen-bond acceptors (Lipinski definition) is 7. The van der Waals surface area contributed by atoms with E-state index in [2.05, 4.69) is 21.3 Å². The van der Waals surface area contributed by atoms with Crippen molar-refractivity contribution in [1.29, 1.82) is 0 Å². The maximum atomic E-state index is 12.5. The van der Waals surface area contributed by atoms with Crippen LogP contribution in [0, 0.1) is 13.8 Å². The molecule has 128 valence electrons. The number of amides is 1. The fraction of sp³-hybridized carbons (Fsp3) is 0.333. The van der Waals surface area contributed by atoms with Gasteiger partial charge in [0.25, 0.3) is 0 Å². The lowest BCUT2D eigenvalue weighted by Gasteiger charge is -2.05. The Kier molecular flexibility index (Phi) is 6.64. The summed E-state index contributed by atoms with van der Waals surface area (Å²) in [5.41, 5.74) is 7.82. The highest BCUT2D eigenvalue weighted by Gasteiger charge is 2.16. The second-order valence-corrected chi connectivity index (χ2v) is 8.41. The molecule has 0 saturated carbocycles. The molecule has 2 heterocycles. The Balaban J connectivity index is 1.97. The van der Waals surface area contributed by atoms with E-state index in [1.807, 2.05) is 26.0 Å². The first-order valence-electron chi connectivity index (χ1n) is 7.10. The van der Waals surface area contributed by atoms with Crippen LogP contribution in [-0.2, 0) is 11.3 Å². The minimum absolute atomic E-state index is 0.0601. The molecule has 0 aromatic carbocycles. The number of aryl methyl sites for hydroxylation is 1. The fourth-order valence-corrected chi connectivity index (χ4v) is 4.79. The Morgan fingerprint density at radius 2 is 1.92 bits per heavy atom. The van der Waals surface area contributed by atoms with E-state index in [1.54, 1.807) is 0 Å². The van der Waals surface area contributed by atoms with Crippen molar-refractivity contribution in [2.24, 2.45) is 5.73 Å². The lowest BCUT2D eigenvalue weighted by atomic mass is 10.2. The fourth-order valence-electron chi connectivity index (χ4n) is 2.15. The third-order valence-corrected chi connectivity index (χ3v) is 6.45. The summed E-state index contributed by atoms with van der Waals surface area (Å²) in [7, 11) is 0. The maximum absolute atomic E-state index is 12.5. The first kappa shape index (κ1) is 18.8. The predicted molar refractivity (Wildman–Crippen MR) is 99.0 cm³/mol. The maximum Gasteiger partial charge on any atom is 0.227 e. The van der Waals surface area contributed by atoms with E-state index in [9.17, 15) is 9.59 Å². The lowest BCUT2D eigenvalue weighted by Crippen LogP contribution is -2.12. The molecule has 0 unspecified atom stereocenters. The monoisotopic (exact) mass is 382 g/mol. The van der Waals surface area contributed by atoms with E-state index in [0.29, 0.717) is 21.0 Å². The van der Waals surface area contributed by atoms with Crippen LogP contribution in [0.5, 0.6) is 0 Å². The van der Waals surface area contributed by atoms with Crippen molar-refractivity contribution in [3.8, 4) is 0 Å². The van der Waals surface area contributed by atoms with Gasteiger partial charge in [-0.3, -0.25) is 9.59 Å². The smallest absolute Gasteiger partial charge is 0.227 e. The van der Waals surface area contributed by atoms with Crippen LogP contribution in [0.2, 0.25) is 0 Å². The Morgan fingerprint density at radius 1 is 1.29 bits per heavy atom. The number of thioether (sulfide) groups is 2. The first-order chi connectivity index (χ1) is 11.4. The van der Waals surface area contributed by atoms with Crippen LogP contribution in [0.1, 0.15) is 21.7 Å². The molecule has 0 aliphatic rings. The Morgan fingerprint density at radius 3 is 2.50 bits per heavy atom. The minimum atomic E-state index is -0.394. The van der Waals surface area contributed by atoms with E-state index >= 15 is 0 Å². The topological polar surface area (TPSA) is 90.9 Å². The van der Waals surface area contributed by atoms with Crippen molar-refractivity contribution in [3.05, 3.63) is 35.7 Å². The summed E-state index contributed by atoms with van der Waals surface area (Å²) in [6.07, 6.45) is 1.82. The van der Waals surface area contributed by atoms with Gasteiger partial charge in [-0.2, -0.15) is 0 Å². The zero-order chi connectivity index (χ0) is 17.7. The normalized spacial score (nSPS) is 10.8. The van der Waals surface area contributed by atoms with Crippen molar-refractivity contribution >= 4 is 46.6 Å². The van der Waals surface area contributed by atoms with Gasteiger partial charge in [0.2, 0.25) is 5.91 Å². The number of carbonyl (C=O) groups excluding carboxylic acids is 2. The Bertz CT molecular complexity index is 767. The molecule has 24 heavy (non-hydrogen) atoms. The van der Waals surface area contributed by atoms with Gasteiger partial charge in [0, 0.05) is 23.5 Å². The molecular weight excluding hydrogens is 364 g/mol. The number of aromatic nitrogens is 3. The number of ketones is 1. The summed E-state index contributed by atoms with van der Waals surface area (Å²) < 4.78 is 3.44. The average molecular weight is 383 g/mol. The van der Waals surface area contributed by atoms with Gasteiger partial charge >= 0.3 is 0 Å². The molecule has 2 rings (SSSR count). The lowest BCUT2D eigenvalue weighted by molar-refractivity contribution is -0.115. The van der Waals surface area contributed by atoms with Crippen LogP contribution in [0.15, 0.2) is 27.4 Å². The molecule has 9 heteroatoms. The average Bonchev–Trinajstić information content (AvgIpc) is 3.10. The molecule has 2 aromatic rings. The number of rotatable bonds is 9. The van der Waals surface area contributed by atoms with Crippen LogP contribution < -0.4 is 5.73 Å². The number of nitrogens with two attached hydrogens (primary N) is 1. The van der Waals surface area contributed by atoms with Crippen molar-refractivity contribution in [1.82, 2.24) is 14.8 Å². The second-order valence-electron chi connectivity index (χ2n) is 4.98. The summed E-state index contributed by atoms with van der Waals surface area (Å²) in [5, 5.41) is 8.00. The summed E-state index contributed by atoms with van der Waals surface area (Å²) in [5.74, 6) is 0.139. The molecule has 0 aliphatic carbocycles. The van der Waals surface area contributed by atoms with E-state index in [-0.39, 0.29) is 11.5 Å². The quantitative estimate of drug-likeness (QED) is 0.407. The molecule has 0 aliphatic heterocycles. The molecule has 2 N–H and O–H groups in total. The van der Waals surface area contributed by atoms with Crippen molar-refractivity contribution in [3.63, 3.8) is 0 Å². The van der Waals surface area contributed by atoms with Gasteiger partial charge in [-0.1, -0.05) is 40.9 Å². The van der Waals surface area contributed by atoms with Gasteiger partial charge in [-0.15, -0.1) is 16.8 Å². The zero-order valence-electron chi connectivity index (χ0n) is 13.4. The molecule has 0 fully saturated rings. The van der Waals surface area contributed by atoms with Crippen molar-refractivity contribution in [2.75, 3.05) is 11.5 Å². The van der Waals surface area contributed by atoms with E-state index < -0.39 is 5.91 Å². The number of primary amides is 1. The highest BCUT2D eigenvalue weighted by atomic mass is 32.2. The third kappa shape index (κ3) is 4.71. The van der Waals surface area contributed by atoms with Gasteiger partial charge in [0.05, 0.1) is 11.5 Å². The van der Waals surface area contributed by atoms with E-state index in [4.69, 9.17) is 5.73 Å². The van der Waals surface area contributed by atoms with Crippen LogP contribution in [0.4, 0.5) is 0 Å². The summed E-state index contributed by atoms with van der Waals surface area (Å²) in [6, 6.07) is 1.91. The van der Waals surface area contributed by atoms with Crippen LogP contribution in [-0.4, -0.2) is 38.0 Å². The van der Waals surface area contributed by atoms with E-state index in [0.717, 1.165) is 17.0 Å². The number of hydrogen-bond donors (Lipinski definition) is 1. The van der Waals surface area contributed by atoms with Gasteiger partial charge in [-0.25, -0.2) is 0 Å². The summed E-state index contributed by atoms with van der Waals surface area (Å²) in [6.45, 7) is 8.35. The highest BCUT2D eigenvalue weighted by molar-refractivity contribution is 8.03. The molecule has 1 amide bonds. The number of nitrogens with zero attached hydrogens (tertiary/aromatic N) is 3. The van der Waals surface area contributed by atoms with E-state index in [1.165, 1.54) is 34.9 Å². The molecule has 0 radical (unpaired) electrons. The third-order valence-electron chi connectivity index (χ3n) is 3.24. The highest BCUT2D eigenvalue weighted by Crippen LogP contribution is 2.29. The standard InChI is InChI=1S/C15H18N4O2S3/c1-4-5-19-9(2)6-11(10(19)3)12(20)7-22-14-17-18-15(24-14)23-8-13(16)21/h4,6H,1,5,7-8H2,2-3H3,(H2,16,21). The van der Waals surface area contributed by atoms with Crippen molar-refractivity contribution < 1.29 is 9.59 Å². The second kappa shape index (κ2) is 8.50. The van der Waals surface area contributed by atoms with Gasteiger partial charge in [0.15, 0.2) is 14.5 Å². The molecule has 0 atom stereocenters. The van der Waals surface area contributed by atoms with Crippen molar-refractivity contribution in [2.45, 2.75) is 29.1 Å². The largest absolute Gasteiger partial charge is 0.369 e. The molecule has 0 saturated heterocycles. The van der Waals surface area contributed by atoms with Crippen LogP contribution in [0.3, 0.4) is 0 Å². The molecular formula is C15H18N4O2S3. The molecule has 2 aromatic heterocycles. The molecule has 0 bridgehead atoms. The number of allylic oxidation sites excluding steroid dienone is 1. The number of carbonyl (C=O) groups is 2. The van der Waals surface area contributed by atoms with Crippen LogP contribution in [0.25, 0.3) is 0 Å². The number of Topliss-reactive ketones (excluding diaryl/α,β-unsaturated/α-hetero) is 1. The predicted octanol–water partition coefficient (Wildman–Crippen LogP) is 2.69. The van der Waals surface area contributed by atoms with Crippen LogP contribution >= 0.6 is 34.9 Å². The molecule has 6 nitrogen and oxygen atoms in total. The summed E-state index contributed by atoms with van der Waals surface area (Å²) >= 11 is 3.96. The van der Waals surface area contributed by atoms with Gasteiger partial charge in [0.1, 0.15) is 0 Å². The Hall–Kier alpha value is -1.58. The van der Waals surface area contributed by atoms with Gasteiger partial charge < -0.3 is 10.3 Å². The first-order valence-corrected chi connectivity index (χ1v) is 9.89. The summed E-state index contributed by atoms with van der Waals surface area (Å²) in [4.78, 5) is 23.2. The minimum Gasteiger partial charge on any atom is -0.369 e. The zero-order valence-corrected chi connectivity index (χ0v) is 15.9. The molecule has 0 spiro atoms.